The van der Waals surface area contributed by atoms with Crippen molar-refractivity contribution < 1.29 is 4.79 Å². The van der Waals surface area contributed by atoms with E-state index in [9.17, 15) is 4.79 Å². The predicted octanol–water partition coefficient (Wildman–Crippen LogP) is 2.92. The van der Waals surface area contributed by atoms with Gasteiger partial charge in [-0.05, 0) is 29.0 Å². The van der Waals surface area contributed by atoms with Gasteiger partial charge in [0.05, 0.1) is 17.6 Å². The van der Waals surface area contributed by atoms with Crippen molar-refractivity contribution >= 4 is 27.6 Å². The van der Waals surface area contributed by atoms with E-state index in [1.54, 1.807) is 4.57 Å². The zero-order valence-corrected chi connectivity index (χ0v) is 14.4. The van der Waals surface area contributed by atoms with Crippen molar-refractivity contribution in [2.45, 2.75) is 13.1 Å². The third-order valence-corrected chi connectivity index (χ3v) is 4.70. The van der Waals surface area contributed by atoms with Crippen LogP contribution in [0, 0.1) is 5.41 Å². The number of carbonyl (C=O) groups excluding carboxylic acids is 1. The van der Waals surface area contributed by atoms with Crippen LogP contribution in [0.3, 0.4) is 0 Å². The van der Waals surface area contributed by atoms with Crippen molar-refractivity contribution in [1.82, 2.24) is 9.13 Å². The van der Waals surface area contributed by atoms with Crippen LogP contribution in [0.2, 0.25) is 0 Å². The monoisotopic (exact) mass is 344 g/mol. The van der Waals surface area contributed by atoms with E-state index in [0.717, 1.165) is 21.8 Å². The van der Waals surface area contributed by atoms with Crippen LogP contribution in [0.4, 0.5) is 0 Å². The Morgan fingerprint density at radius 1 is 0.885 bits per heavy atom. The molecule has 0 aliphatic carbocycles. The summed E-state index contributed by atoms with van der Waals surface area (Å²) in [5.74, 6) is -0.00935. The fourth-order valence-corrected chi connectivity index (χ4v) is 3.41. The lowest BCUT2D eigenvalue weighted by Crippen LogP contribution is -2.29. The number of rotatable bonds is 5. The number of nitrogens with one attached hydrogen (secondary N) is 1. The Hall–Kier alpha value is -3.18. The highest BCUT2D eigenvalue weighted by Gasteiger charge is 2.14. The van der Waals surface area contributed by atoms with Crippen molar-refractivity contribution in [2.75, 3.05) is 6.54 Å². The molecule has 0 spiro atoms. The summed E-state index contributed by atoms with van der Waals surface area (Å²) in [6, 6.07) is 21.5. The maximum atomic E-state index is 12.9. The second-order valence-electron chi connectivity index (χ2n) is 6.32. The first-order chi connectivity index (χ1) is 12.7. The molecule has 0 bridgehead atoms. The molecule has 5 nitrogen and oxygen atoms in total. The number of nitrogens with zero attached hydrogens (tertiary/aromatic N) is 2. The molecule has 0 radical (unpaired) electrons. The summed E-state index contributed by atoms with van der Waals surface area (Å²) in [7, 11) is 0. The lowest BCUT2D eigenvalue weighted by atomic mass is 10.0. The van der Waals surface area contributed by atoms with Gasteiger partial charge in [-0.25, -0.2) is 0 Å². The summed E-state index contributed by atoms with van der Waals surface area (Å²) in [6.07, 6.45) is 0. The molecule has 0 unspecified atom stereocenters. The minimum Gasteiger partial charge on any atom is -0.329 e. The quantitative estimate of drug-likeness (QED) is 0.546. The van der Waals surface area contributed by atoms with Crippen molar-refractivity contribution in [3.63, 3.8) is 0 Å². The molecule has 0 saturated heterocycles. The number of hydrogen-bond donors (Lipinski definition) is 2. The highest BCUT2D eigenvalue weighted by atomic mass is 16.1. The molecule has 0 fully saturated rings. The molecule has 0 atom stereocenters. The van der Waals surface area contributed by atoms with E-state index in [1.807, 2.05) is 71.3 Å². The van der Waals surface area contributed by atoms with Crippen molar-refractivity contribution in [3.8, 4) is 0 Å². The molecular weight excluding hydrogens is 324 g/mol. The van der Waals surface area contributed by atoms with Crippen LogP contribution in [-0.4, -0.2) is 21.5 Å². The number of imidazole rings is 1. The second kappa shape index (κ2) is 6.61. The van der Waals surface area contributed by atoms with Gasteiger partial charge in [-0.3, -0.25) is 10.2 Å². The van der Waals surface area contributed by atoms with Crippen LogP contribution < -0.4 is 11.4 Å². The van der Waals surface area contributed by atoms with E-state index in [1.165, 1.54) is 0 Å². The first-order valence-corrected chi connectivity index (χ1v) is 8.64. The van der Waals surface area contributed by atoms with Gasteiger partial charge in [0.1, 0.15) is 0 Å². The maximum absolute atomic E-state index is 12.9. The number of carbonyl (C=O) groups is 1. The second-order valence-corrected chi connectivity index (χ2v) is 6.32. The first-order valence-electron chi connectivity index (χ1n) is 8.64. The van der Waals surface area contributed by atoms with Gasteiger partial charge in [-0.1, -0.05) is 48.5 Å². The molecular formula is C21H20N4O. The molecule has 1 heterocycles. The van der Waals surface area contributed by atoms with Crippen molar-refractivity contribution in [1.29, 1.82) is 5.41 Å². The molecule has 0 aliphatic heterocycles. The largest absolute Gasteiger partial charge is 0.329 e. The zero-order chi connectivity index (χ0) is 18.1. The topological polar surface area (TPSA) is 76.8 Å². The van der Waals surface area contributed by atoms with Crippen LogP contribution in [0.5, 0.6) is 0 Å². The summed E-state index contributed by atoms with van der Waals surface area (Å²) < 4.78 is 3.60. The van der Waals surface area contributed by atoms with E-state index in [4.69, 9.17) is 11.1 Å². The molecule has 0 amide bonds. The lowest BCUT2D eigenvalue weighted by Gasteiger charge is -2.06. The number of para-hydroxylation sites is 2. The fraction of sp³-hybridized carbons (Fsp3) is 0.143. The highest BCUT2D eigenvalue weighted by molar-refractivity contribution is 6.00. The van der Waals surface area contributed by atoms with Gasteiger partial charge in [0.25, 0.3) is 0 Å². The van der Waals surface area contributed by atoms with Gasteiger partial charge in [-0.2, -0.15) is 0 Å². The Bertz CT molecular complexity index is 1170. The van der Waals surface area contributed by atoms with Crippen LogP contribution in [0.1, 0.15) is 10.4 Å². The van der Waals surface area contributed by atoms with Gasteiger partial charge in [0.15, 0.2) is 5.78 Å². The Kier molecular flexibility index (Phi) is 4.14. The van der Waals surface area contributed by atoms with Gasteiger partial charge in [0, 0.05) is 18.7 Å². The molecule has 5 heteroatoms. The first kappa shape index (κ1) is 16.3. The third kappa shape index (κ3) is 2.72. The Labute approximate surface area is 150 Å². The van der Waals surface area contributed by atoms with Crippen molar-refractivity contribution in [3.05, 3.63) is 77.9 Å². The number of aromatic nitrogens is 2. The van der Waals surface area contributed by atoms with E-state index >= 15 is 0 Å². The summed E-state index contributed by atoms with van der Waals surface area (Å²) in [6.45, 7) is 1.13. The summed E-state index contributed by atoms with van der Waals surface area (Å²) in [4.78, 5) is 12.9. The predicted molar refractivity (Wildman–Crippen MR) is 103 cm³/mol. The van der Waals surface area contributed by atoms with Crippen LogP contribution in [0.15, 0.2) is 66.7 Å². The molecule has 0 saturated carbocycles. The standard InChI is InChI=1S/C21H20N4O/c22-11-12-24-18-7-3-4-8-19(18)25(21(24)23)14-20(26)17-10-9-15-5-1-2-6-16(15)13-17/h1-10,13,23H,11-12,14,22H2. The SMILES string of the molecule is N=c1n(CCN)c2ccccc2n1CC(=O)c1ccc2ccccc2c1. The molecule has 3 N–H and O–H groups in total. The summed E-state index contributed by atoms with van der Waals surface area (Å²) in [5.41, 5.74) is 8.45. The minimum atomic E-state index is -0.00935. The molecule has 4 rings (SSSR count). The average Bonchev–Trinajstić information content (AvgIpc) is 2.94. The van der Waals surface area contributed by atoms with Crippen LogP contribution in [-0.2, 0) is 13.1 Å². The van der Waals surface area contributed by atoms with Crippen LogP contribution >= 0.6 is 0 Å². The number of benzene rings is 3. The number of ketones is 1. The number of Topliss-reactive ketones (excluding diaryl/α,β-unsaturated/α-hetero) is 1. The third-order valence-electron chi connectivity index (χ3n) is 4.70. The summed E-state index contributed by atoms with van der Waals surface area (Å²) >= 11 is 0. The van der Waals surface area contributed by atoms with Gasteiger partial charge < -0.3 is 14.9 Å². The lowest BCUT2D eigenvalue weighted by molar-refractivity contribution is 0.0971. The maximum Gasteiger partial charge on any atom is 0.203 e. The number of nitrogens with two attached hydrogens (primary N) is 1. The Balaban J connectivity index is 1.75. The van der Waals surface area contributed by atoms with E-state index in [-0.39, 0.29) is 12.3 Å². The number of hydrogen-bond acceptors (Lipinski definition) is 3. The molecule has 130 valence electrons. The zero-order valence-electron chi connectivity index (χ0n) is 14.4. The molecule has 26 heavy (non-hydrogen) atoms. The molecule has 0 aliphatic rings. The van der Waals surface area contributed by atoms with E-state index in [0.29, 0.717) is 24.3 Å². The smallest absolute Gasteiger partial charge is 0.203 e. The normalized spacial score (nSPS) is 11.3. The van der Waals surface area contributed by atoms with Gasteiger partial charge in [-0.15, -0.1) is 0 Å². The van der Waals surface area contributed by atoms with Crippen LogP contribution in [0.25, 0.3) is 21.8 Å². The van der Waals surface area contributed by atoms with E-state index < -0.39 is 0 Å². The minimum absolute atomic E-state index is 0.00935. The fourth-order valence-electron chi connectivity index (χ4n) is 3.41. The highest BCUT2D eigenvalue weighted by Crippen LogP contribution is 2.18. The molecule has 3 aromatic carbocycles. The number of fused-ring (bicyclic) bond motifs is 2. The molecule has 4 aromatic rings. The van der Waals surface area contributed by atoms with Crippen molar-refractivity contribution in [2.24, 2.45) is 5.73 Å². The molecule has 1 aromatic heterocycles. The average molecular weight is 344 g/mol. The van der Waals surface area contributed by atoms with Gasteiger partial charge in [0.2, 0.25) is 5.62 Å². The Morgan fingerprint density at radius 2 is 1.54 bits per heavy atom. The van der Waals surface area contributed by atoms with Gasteiger partial charge >= 0.3 is 0 Å². The Morgan fingerprint density at radius 3 is 2.27 bits per heavy atom. The van der Waals surface area contributed by atoms with E-state index in [2.05, 4.69) is 0 Å². The summed E-state index contributed by atoms with van der Waals surface area (Å²) in [5, 5.41) is 10.6.